The van der Waals surface area contributed by atoms with Crippen molar-refractivity contribution in [2.24, 2.45) is 0 Å². The fourth-order valence-corrected chi connectivity index (χ4v) is 4.31. The van der Waals surface area contributed by atoms with Gasteiger partial charge in [0.2, 0.25) is 11.8 Å². The number of anilines is 1. The van der Waals surface area contributed by atoms with Gasteiger partial charge >= 0.3 is 5.69 Å². The summed E-state index contributed by atoms with van der Waals surface area (Å²) in [6.07, 6.45) is 2.92. The molecule has 1 fully saturated rings. The second kappa shape index (κ2) is 7.62. The molecule has 0 saturated carbocycles. The quantitative estimate of drug-likeness (QED) is 0.754. The lowest BCUT2D eigenvalue weighted by Gasteiger charge is -2.35. The predicted molar refractivity (Wildman–Crippen MR) is 110 cm³/mol. The second-order valence-corrected chi connectivity index (χ2v) is 8.11. The van der Waals surface area contributed by atoms with Gasteiger partial charge in [-0.25, -0.2) is 14.8 Å². The van der Waals surface area contributed by atoms with Crippen LogP contribution in [0.3, 0.4) is 0 Å². The van der Waals surface area contributed by atoms with E-state index in [0.717, 1.165) is 30.5 Å². The van der Waals surface area contributed by atoms with Crippen LogP contribution in [0.15, 0.2) is 10.9 Å². The summed E-state index contributed by atoms with van der Waals surface area (Å²) < 4.78 is 1.41. The molecule has 0 aliphatic carbocycles. The molecule has 0 N–H and O–H groups in total. The highest BCUT2D eigenvalue weighted by atomic mass is 16.2. The molecule has 1 atom stereocenters. The number of piperidine rings is 1. The molecule has 9 heteroatoms. The lowest BCUT2D eigenvalue weighted by atomic mass is 10.0. The summed E-state index contributed by atoms with van der Waals surface area (Å²) in [6, 6.07) is 1.52. The molecule has 9 nitrogen and oxygen atoms in total. The van der Waals surface area contributed by atoms with E-state index in [4.69, 9.17) is 0 Å². The monoisotopic (exact) mass is 410 g/mol. The molecule has 0 aromatic carbocycles. The average molecular weight is 410 g/mol. The van der Waals surface area contributed by atoms with Crippen LogP contribution in [-0.4, -0.2) is 49.8 Å². The normalized spacial score (nSPS) is 18.7. The number of aryl methyl sites for hydroxylation is 3. The van der Waals surface area contributed by atoms with E-state index in [-0.39, 0.29) is 24.4 Å². The Morgan fingerprint density at radius 2 is 1.90 bits per heavy atom. The third-order valence-corrected chi connectivity index (χ3v) is 5.99. The van der Waals surface area contributed by atoms with Crippen molar-refractivity contribution in [1.29, 1.82) is 0 Å². The van der Waals surface area contributed by atoms with E-state index in [0.29, 0.717) is 36.0 Å². The molecule has 0 spiro atoms. The fourth-order valence-electron chi connectivity index (χ4n) is 4.31. The number of hydrogen-bond donors (Lipinski definition) is 0. The smallest absolute Gasteiger partial charge is 0.331 e. The number of aromatic nitrogens is 4. The average Bonchev–Trinajstić information content (AvgIpc) is 2.99. The molecule has 0 radical (unpaired) electrons. The first-order chi connectivity index (χ1) is 14.3. The van der Waals surface area contributed by atoms with Crippen LogP contribution in [0.2, 0.25) is 0 Å². The lowest BCUT2D eigenvalue weighted by molar-refractivity contribution is -0.136. The zero-order valence-electron chi connectivity index (χ0n) is 17.8. The number of rotatable bonds is 3. The zero-order valence-corrected chi connectivity index (χ0v) is 17.8. The van der Waals surface area contributed by atoms with Gasteiger partial charge < -0.3 is 4.90 Å². The summed E-state index contributed by atoms with van der Waals surface area (Å²) in [6.45, 7) is 5.97. The van der Waals surface area contributed by atoms with Gasteiger partial charge in [0.15, 0.2) is 5.82 Å². The van der Waals surface area contributed by atoms with Crippen molar-refractivity contribution in [2.45, 2.75) is 59.0 Å². The van der Waals surface area contributed by atoms with E-state index in [1.807, 2.05) is 6.92 Å². The Labute approximate surface area is 174 Å². The van der Waals surface area contributed by atoms with Gasteiger partial charge in [-0.3, -0.25) is 19.1 Å². The second-order valence-electron chi connectivity index (χ2n) is 8.11. The van der Waals surface area contributed by atoms with Gasteiger partial charge in [-0.05, 0) is 46.1 Å². The minimum absolute atomic E-state index is 0.00199. The topological polar surface area (TPSA) is 101 Å². The van der Waals surface area contributed by atoms with Crippen LogP contribution >= 0.6 is 0 Å². The first kappa shape index (κ1) is 20.2. The van der Waals surface area contributed by atoms with Crippen molar-refractivity contribution >= 4 is 17.6 Å². The Bertz CT molecular complexity index is 1090. The molecule has 2 aliphatic heterocycles. The molecule has 4 rings (SSSR count). The molecule has 2 aromatic heterocycles. The molecule has 4 heterocycles. The highest BCUT2D eigenvalue weighted by Gasteiger charge is 2.34. The van der Waals surface area contributed by atoms with Crippen molar-refractivity contribution in [3.05, 3.63) is 45.0 Å². The SMILES string of the molecule is Cc1cc(C)n(CC(=O)N2CCCC[C@@H]2c2nc(C)c3c(n2)N(C)C(=O)C3)c(=O)n1. The molecule has 30 heavy (non-hydrogen) atoms. The molecule has 2 aromatic rings. The van der Waals surface area contributed by atoms with Gasteiger partial charge in [-0.2, -0.15) is 4.98 Å². The fraction of sp³-hybridized carbons (Fsp3) is 0.524. The van der Waals surface area contributed by atoms with Crippen molar-refractivity contribution < 1.29 is 9.59 Å². The standard InChI is InChI=1S/C21H26N6O3/c1-12-9-13(2)27(21(30)22-12)11-18(29)26-8-6-5-7-16(26)19-23-14(3)15-10-17(28)25(4)20(15)24-19/h9,16H,5-8,10-11H2,1-4H3/t16-/m1/s1. The highest BCUT2D eigenvalue weighted by molar-refractivity contribution is 6.00. The number of carbonyl (C=O) groups excluding carboxylic acids is 2. The summed E-state index contributed by atoms with van der Waals surface area (Å²) in [4.78, 5) is 54.2. The summed E-state index contributed by atoms with van der Waals surface area (Å²) in [7, 11) is 1.72. The zero-order chi connectivity index (χ0) is 21.6. The first-order valence-corrected chi connectivity index (χ1v) is 10.2. The van der Waals surface area contributed by atoms with E-state index in [1.54, 1.807) is 36.8 Å². The molecular weight excluding hydrogens is 384 g/mol. The van der Waals surface area contributed by atoms with Gasteiger partial charge in [0.25, 0.3) is 0 Å². The Kier molecular flexibility index (Phi) is 5.13. The molecular formula is C21H26N6O3. The minimum atomic E-state index is -0.417. The van der Waals surface area contributed by atoms with Gasteiger partial charge in [0.05, 0.1) is 12.5 Å². The maximum atomic E-state index is 13.2. The number of carbonyl (C=O) groups is 2. The molecule has 0 bridgehead atoms. The summed E-state index contributed by atoms with van der Waals surface area (Å²) in [5, 5.41) is 0. The molecule has 0 unspecified atom stereocenters. The van der Waals surface area contributed by atoms with Crippen molar-refractivity contribution in [3.63, 3.8) is 0 Å². The number of nitrogens with zero attached hydrogens (tertiary/aromatic N) is 6. The highest BCUT2D eigenvalue weighted by Crippen LogP contribution is 2.33. The number of amides is 2. The Hall–Kier alpha value is -3.10. The summed E-state index contributed by atoms with van der Waals surface area (Å²) in [5.41, 5.74) is 2.56. The van der Waals surface area contributed by atoms with Crippen molar-refractivity contribution in [3.8, 4) is 0 Å². The Morgan fingerprint density at radius 1 is 1.13 bits per heavy atom. The Balaban J connectivity index is 1.65. The summed E-state index contributed by atoms with van der Waals surface area (Å²) in [5.74, 6) is 1.04. The molecule has 158 valence electrons. The minimum Gasteiger partial charge on any atom is -0.331 e. The number of likely N-dealkylation sites (tertiary alicyclic amines) is 1. The third kappa shape index (κ3) is 3.48. The number of hydrogen-bond acceptors (Lipinski definition) is 6. The molecule has 2 aliphatic rings. The van der Waals surface area contributed by atoms with E-state index < -0.39 is 5.69 Å². The first-order valence-electron chi connectivity index (χ1n) is 10.2. The van der Waals surface area contributed by atoms with Crippen LogP contribution in [0.1, 0.15) is 53.8 Å². The number of fused-ring (bicyclic) bond motifs is 1. The van der Waals surface area contributed by atoms with Crippen LogP contribution in [0.25, 0.3) is 0 Å². The number of likely N-dealkylation sites (N-methyl/N-ethyl adjacent to an activating group) is 1. The van der Waals surface area contributed by atoms with Gasteiger partial charge in [-0.15, -0.1) is 0 Å². The van der Waals surface area contributed by atoms with Gasteiger partial charge in [-0.1, -0.05) is 0 Å². The van der Waals surface area contributed by atoms with E-state index in [9.17, 15) is 14.4 Å². The van der Waals surface area contributed by atoms with Crippen LogP contribution in [0, 0.1) is 20.8 Å². The van der Waals surface area contributed by atoms with Gasteiger partial charge in [0.1, 0.15) is 12.4 Å². The molecule has 1 saturated heterocycles. The maximum Gasteiger partial charge on any atom is 0.348 e. The van der Waals surface area contributed by atoms with E-state index in [1.165, 1.54) is 4.57 Å². The van der Waals surface area contributed by atoms with Crippen LogP contribution in [-0.2, 0) is 22.6 Å². The largest absolute Gasteiger partial charge is 0.348 e. The van der Waals surface area contributed by atoms with Crippen LogP contribution < -0.4 is 10.6 Å². The van der Waals surface area contributed by atoms with Crippen LogP contribution in [0.5, 0.6) is 0 Å². The van der Waals surface area contributed by atoms with Crippen LogP contribution in [0.4, 0.5) is 5.82 Å². The van der Waals surface area contributed by atoms with E-state index >= 15 is 0 Å². The van der Waals surface area contributed by atoms with Crippen molar-refractivity contribution in [2.75, 3.05) is 18.5 Å². The van der Waals surface area contributed by atoms with Crippen molar-refractivity contribution in [1.82, 2.24) is 24.4 Å². The lowest BCUT2D eigenvalue weighted by Crippen LogP contribution is -2.43. The Morgan fingerprint density at radius 3 is 2.63 bits per heavy atom. The molecule has 2 amide bonds. The third-order valence-electron chi connectivity index (χ3n) is 5.99. The van der Waals surface area contributed by atoms with Gasteiger partial charge in [0, 0.05) is 36.2 Å². The maximum absolute atomic E-state index is 13.2. The van der Waals surface area contributed by atoms with E-state index in [2.05, 4.69) is 15.0 Å². The summed E-state index contributed by atoms with van der Waals surface area (Å²) >= 11 is 0. The predicted octanol–water partition coefficient (Wildman–Crippen LogP) is 1.23.